The van der Waals surface area contributed by atoms with Crippen LogP contribution in [0.15, 0.2) is 21.9 Å². The molecule has 0 spiro atoms. The van der Waals surface area contributed by atoms with Crippen molar-refractivity contribution in [3.8, 4) is 0 Å². The minimum absolute atomic E-state index is 0.0435. The quantitative estimate of drug-likeness (QED) is 0.421. The number of nitrogens with one attached hydrogen (secondary N) is 1. The summed E-state index contributed by atoms with van der Waals surface area (Å²) in [5.74, 6) is 2.45. The molecule has 3 heterocycles. The van der Waals surface area contributed by atoms with E-state index in [1.54, 1.807) is 15.8 Å². The third-order valence-corrected chi connectivity index (χ3v) is 4.67. The molecule has 2 aromatic rings. The first kappa shape index (κ1) is 20.8. The van der Waals surface area contributed by atoms with Gasteiger partial charge in [-0.25, -0.2) is 0 Å². The second-order valence-electron chi connectivity index (χ2n) is 7.38. The highest BCUT2D eigenvalue weighted by molar-refractivity contribution is 5.98. The first-order chi connectivity index (χ1) is 14.0. The molecule has 1 fully saturated rings. The van der Waals surface area contributed by atoms with Gasteiger partial charge in [-0.05, 0) is 13.3 Å². The number of anilines is 1. The number of aryl methyl sites for hydroxylation is 2. The monoisotopic (exact) mass is 402 g/mol. The molecule has 1 aliphatic heterocycles. The Balaban J connectivity index is 1.54. The topological polar surface area (TPSA) is 105 Å². The molecule has 158 valence electrons. The maximum absolute atomic E-state index is 12.6. The number of carbonyl (C=O) groups is 1. The lowest BCUT2D eigenvalue weighted by molar-refractivity contribution is -0.120. The van der Waals surface area contributed by atoms with E-state index in [0.717, 1.165) is 30.4 Å². The van der Waals surface area contributed by atoms with Crippen LogP contribution in [0.4, 0.5) is 5.69 Å². The van der Waals surface area contributed by atoms with Crippen molar-refractivity contribution in [2.45, 2.75) is 39.5 Å². The highest BCUT2D eigenvalue weighted by atomic mass is 16.5. The van der Waals surface area contributed by atoms with Gasteiger partial charge in [-0.3, -0.25) is 14.5 Å². The third kappa shape index (κ3) is 5.33. The number of hydrogen-bond acceptors (Lipinski definition) is 6. The number of piperazine rings is 1. The molecule has 0 aromatic carbocycles. The molecule has 10 heteroatoms. The molecule has 0 unspecified atom stereocenters. The van der Waals surface area contributed by atoms with Crippen LogP contribution in [0.5, 0.6) is 0 Å². The number of rotatable bonds is 7. The van der Waals surface area contributed by atoms with Crippen molar-refractivity contribution >= 4 is 17.6 Å². The second kappa shape index (κ2) is 9.53. The van der Waals surface area contributed by atoms with E-state index in [1.807, 2.05) is 38.9 Å². The molecule has 1 N–H and O–H groups in total. The van der Waals surface area contributed by atoms with Gasteiger partial charge in [-0.15, -0.1) is 0 Å². The summed E-state index contributed by atoms with van der Waals surface area (Å²) in [5, 5.41) is 11.4. The molecular weight excluding hydrogens is 372 g/mol. The van der Waals surface area contributed by atoms with E-state index >= 15 is 0 Å². The van der Waals surface area contributed by atoms with Gasteiger partial charge in [-0.1, -0.05) is 19.0 Å². The Morgan fingerprint density at radius 1 is 1.38 bits per heavy atom. The van der Waals surface area contributed by atoms with Gasteiger partial charge in [0.15, 0.2) is 11.8 Å². The Morgan fingerprint density at radius 2 is 2.21 bits per heavy atom. The van der Waals surface area contributed by atoms with Gasteiger partial charge in [0.25, 0.3) is 0 Å². The normalized spacial score (nSPS) is 15.5. The van der Waals surface area contributed by atoms with E-state index in [9.17, 15) is 4.79 Å². The van der Waals surface area contributed by atoms with Crippen molar-refractivity contribution in [1.82, 2.24) is 30.1 Å². The molecular formula is C19H30N8O2. The maximum Gasteiger partial charge on any atom is 0.246 e. The van der Waals surface area contributed by atoms with Crippen LogP contribution in [0.3, 0.4) is 0 Å². The molecule has 2 aromatic heterocycles. The Kier molecular flexibility index (Phi) is 6.84. The molecule has 0 aliphatic carbocycles. The number of aliphatic imine (C=N–C) groups is 1. The first-order valence-electron chi connectivity index (χ1n) is 10.1. The van der Waals surface area contributed by atoms with E-state index in [-0.39, 0.29) is 11.8 Å². The Morgan fingerprint density at radius 3 is 2.83 bits per heavy atom. The number of nitrogens with zero attached hydrogens (tertiary/aromatic N) is 7. The molecule has 0 radical (unpaired) electrons. The first-order valence-corrected chi connectivity index (χ1v) is 10.1. The fourth-order valence-corrected chi connectivity index (χ4v) is 3.12. The van der Waals surface area contributed by atoms with E-state index in [0.29, 0.717) is 38.5 Å². The summed E-state index contributed by atoms with van der Waals surface area (Å²) in [6.45, 7) is 9.09. The standard InChI is InChI=1S/C19H30N8O2/c1-5-20-19(21-8-6-7-16-23-18(14(2)3)24-29-16)26-9-10-27(17(28)13-26)15-11-22-25(4)12-15/h11-12,14H,5-10,13H2,1-4H3,(H,20,21). The van der Waals surface area contributed by atoms with Crippen LogP contribution in [0.25, 0.3) is 0 Å². The number of carbonyl (C=O) groups excluding carboxylic acids is 1. The lowest BCUT2D eigenvalue weighted by atomic mass is 10.2. The fraction of sp³-hybridized carbons (Fsp3) is 0.632. The minimum Gasteiger partial charge on any atom is -0.357 e. The van der Waals surface area contributed by atoms with E-state index in [1.165, 1.54) is 0 Å². The Hall–Kier alpha value is -2.91. The van der Waals surface area contributed by atoms with E-state index in [4.69, 9.17) is 4.52 Å². The van der Waals surface area contributed by atoms with Crippen LogP contribution in [-0.4, -0.2) is 69.4 Å². The van der Waals surface area contributed by atoms with Crippen molar-refractivity contribution in [2.24, 2.45) is 12.0 Å². The smallest absolute Gasteiger partial charge is 0.246 e. The van der Waals surface area contributed by atoms with Gasteiger partial charge >= 0.3 is 0 Å². The average molecular weight is 403 g/mol. The molecule has 10 nitrogen and oxygen atoms in total. The van der Waals surface area contributed by atoms with Crippen molar-refractivity contribution in [3.05, 3.63) is 24.1 Å². The zero-order chi connectivity index (χ0) is 20.8. The molecule has 3 rings (SSSR count). The molecule has 1 saturated heterocycles. The van der Waals surface area contributed by atoms with E-state index < -0.39 is 0 Å². The van der Waals surface area contributed by atoms with E-state index in [2.05, 4.69) is 25.5 Å². The summed E-state index contributed by atoms with van der Waals surface area (Å²) >= 11 is 0. The SMILES string of the molecule is CCNC(=NCCCc1nc(C(C)C)no1)N1CCN(c2cnn(C)c2)C(=O)C1. The highest BCUT2D eigenvalue weighted by Gasteiger charge is 2.27. The lowest BCUT2D eigenvalue weighted by Gasteiger charge is -2.35. The van der Waals surface area contributed by atoms with Gasteiger partial charge in [-0.2, -0.15) is 10.1 Å². The van der Waals surface area contributed by atoms with Gasteiger partial charge in [0.05, 0.1) is 11.9 Å². The summed E-state index contributed by atoms with van der Waals surface area (Å²) < 4.78 is 6.98. The minimum atomic E-state index is 0.0435. The summed E-state index contributed by atoms with van der Waals surface area (Å²) in [5.41, 5.74) is 0.833. The predicted molar refractivity (Wildman–Crippen MR) is 110 cm³/mol. The van der Waals surface area contributed by atoms with Gasteiger partial charge in [0.1, 0.15) is 6.54 Å². The van der Waals surface area contributed by atoms with Crippen LogP contribution in [0, 0.1) is 0 Å². The highest BCUT2D eigenvalue weighted by Crippen LogP contribution is 2.16. The summed E-state index contributed by atoms with van der Waals surface area (Å²) in [6.07, 6.45) is 5.07. The van der Waals surface area contributed by atoms with Crippen LogP contribution in [-0.2, 0) is 18.3 Å². The Bertz CT molecular complexity index is 841. The fourth-order valence-electron chi connectivity index (χ4n) is 3.12. The third-order valence-electron chi connectivity index (χ3n) is 4.67. The number of aromatic nitrogens is 4. The maximum atomic E-state index is 12.6. The summed E-state index contributed by atoms with van der Waals surface area (Å²) in [7, 11) is 1.85. The number of hydrogen-bond donors (Lipinski definition) is 1. The number of amides is 1. The zero-order valence-electron chi connectivity index (χ0n) is 17.6. The van der Waals surface area contributed by atoms with Crippen LogP contribution in [0.1, 0.15) is 44.8 Å². The average Bonchev–Trinajstić information content (AvgIpc) is 3.33. The molecule has 0 saturated carbocycles. The molecule has 0 bridgehead atoms. The molecule has 0 atom stereocenters. The van der Waals surface area contributed by atoms with Crippen molar-refractivity contribution in [3.63, 3.8) is 0 Å². The lowest BCUT2D eigenvalue weighted by Crippen LogP contribution is -2.55. The summed E-state index contributed by atoms with van der Waals surface area (Å²) in [6, 6.07) is 0. The van der Waals surface area contributed by atoms with Gasteiger partial charge in [0.2, 0.25) is 11.8 Å². The zero-order valence-corrected chi connectivity index (χ0v) is 17.6. The van der Waals surface area contributed by atoms with Gasteiger partial charge < -0.3 is 19.6 Å². The van der Waals surface area contributed by atoms with Crippen LogP contribution < -0.4 is 10.2 Å². The predicted octanol–water partition coefficient (Wildman–Crippen LogP) is 1.17. The number of guanidine groups is 1. The van der Waals surface area contributed by atoms with Crippen molar-refractivity contribution in [1.29, 1.82) is 0 Å². The second-order valence-corrected chi connectivity index (χ2v) is 7.38. The molecule has 1 aliphatic rings. The Labute approximate surface area is 171 Å². The van der Waals surface area contributed by atoms with Crippen LogP contribution in [0.2, 0.25) is 0 Å². The van der Waals surface area contributed by atoms with Gasteiger partial charge in [0, 0.05) is 51.8 Å². The van der Waals surface area contributed by atoms with Crippen LogP contribution >= 0.6 is 0 Å². The molecule has 29 heavy (non-hydrogen) atoms. The van der Waals surface area contributed by atoms with Crippen molar-refractivity contribution < 1.29 is 9.32 Å². The molecule has 1 amide bonds. The van der Waals surface area contributed by atoms with Crippen molar-refractivity contribution in [2.75, 3.05) is 37.6 Å². The largest absolute Gasteiger partial charge is 0.357 e. The summed E-state index contributed by atoms with van der Waals surface area (Å²) in [4.78, 5) is 25.5.